The third kappa shape index (κ3) is 4.83. The second-order valence-electron chi connectivity index (χ2n) is 11.3. The lowest BCUT2D eigenvalue weighted by Crippen LogP contribution is -2.01. The zero-order valence-corrected chi connectivity index (χ0v) is 25.9. The molecule has 0 fully saturated rings. The van der Waals surface area contributed by atoms with E-state index in [0.717, 1.165) is 65.4 Å². The van der Waals surface area contributed by atoms with Crippen LogP contribution in [0, 0.1) is 0 Å². The minimum absolute atomic E-state index is 0.622. The van der Waals surface area contributed by atoms with Crippen molar-refractivity contribution in [2.75, 3.05) is 0 Å². The van der Waals surface area contributed by atoms with Crippen molar-refractivity contribution >= 4 is 42.4 Å². The first-order valence-electron chi connectivity index (χ1n) is 15.4. The van der Waals surface area contributed by atoms with Crippen molar-refractivity contribution in [1.82, 2.24) is 24.9 Å². The fourth-order valence-corrected chi connectivity index (χ4v) is 7.39. The summed E-state index contributed by atoms with van der Waals surface area (Å²) in [5.41, 5.74) is 8.02. The molecule has 0 aliphatic heterocycles. The molecule has 0 aliphatic rings. The SMILES string of the molecule is c1ccc(-c2cccc(-c3nc(-c4ccccc4)nc(-c4ccc(-c5ncnc6c5sc5ccccc56)c5ccccc45)n3)c2)cc1. The van der Waals surface area contributed by atoms with Gasteiger partial charge in [-0.05, 0) is 40.1 Å². The zero-order chi connectivity index (χ0) is 31.2. The van der Waals surface area contributed by atoms with E-state index in [1.165, 1.54) is 4.70 Å². The molecule has 9 rings (SSSR count). The highest BCUT2D eigenvalue weighted by atomic mass is 32.1. The van der Waals surface area contributed by atoms with Crippen LogP contribution < -0.4 is 0 Å². The lowest BCUT2D eigenvalue weighted by atomic mass is 9.96. The van der Waals surface area contributed by atoms with Crippen LogP contribution in [0.25, 0.3) is 87.6 Å². The Kier molecular flexibility index (Phi) is 6.58. The maximum Gasteiger partial charge on any atom is 0.164 e. The molecule has 0 N–H and O–H groups in total. The Morgan fingerprint density at radius 3 is 1.77 bits per heavy atom. The molecule has 220 valence electrons. The average molecular weight is 620 g/mol. The fourth-order valence-electron chi connectivity index (χ4n) is 6.23. The molecule has 0 spiro atoms. The molecule has 0 aliphatic carbocycles. The molecule has 0 radical (unpaired) electrons. The second kappa shape index (κ2) is 11.4. The van der Waals surface area contributed by atoms with Crippen LogP contribution in [0.4, 0.5) is 0 Å². The van der Waals surface area contributed by atoms with E-state index < -0.39 is 0 Å². The van der Waals surface area contributed by atoms with Gasteiger partial charge in [0.2, 0.25) is 0 Å². The van der Waals surface area contributed by atoms with Crippen LogP contribution in [-0.2, 0) is 0 Å². The summed E-state index contributed by atoms with van der Waals surface area (Å²) in [6.07, 6.45) is 1.67. The summed E-state index contributed by atoms with van der Waals surface area (Å²) in [6.45, 7) is 0. The quantitative estimate of drug-likeness (QED) is 0.192. The molecule has 5 nitrogen and oxygen atoms in total. The number of aromatic nitrogens is 5. The summed E-state index contributed by atoms with van der Waals surface area (Å²) in [7, 11) is 0. The predicted molar refractivity (Wildman–Crippen MR) is 193 cm³/mol. The topological polar surface area (TPSA) is 64.5 Å². The molecule has 0 atom stereocenters. The largest absolute Gasteiger partial charge is 0.235 e. The normalized spacial score (nSPS) is 11.4. The van der Waals surface area contributed by atoms with E-state index in [-0.39, 0.29) is 0 Å². The molecular weight excluding hydrogens is 595 g/mol. The van der Waals surface area contributed by atoms with E-state index in [4.69, 9.17) is 19.9 Å². The Balaban J connectivity index is 1.24. The summed E-state index contributed by atoms with van der Waals surface area (Å²) in [4.78, 5) is 24.7. The maximum absolute atomic E-state index is 5.12. The number of hydrogen-bond acceptors (Lipinski definition) is 6. The van der Waals surface area contributed by atoms with Crippen LogP contribution in [0.5, 0.6) is 0 Å². The summed E-state index contributed by atoms with van der Waals surface area (Å²) in [6, 6.07) is 49.9. The summed E-state index contributed by atoms with van der Waals surface area (Å²) in [5.74, 6) is 1.88. The van der Waals surface area contributed by atoms with Crippen molar-refractivity contribution < 1.29 is 0 Å². The van der Waals surface area contributed by atoms with E-state index in [1.807, 2.05) is 36.4 Å². The monoisotopic (exact) mass is 619 g/mol. The molecule has 3 heterocycles. The molecule has 0 unspecified atom stereocenters. The molecule has 3 aromatic heterocycles. The highest BCUT2D eigenvalue weighted by Gasteiger charge is 2.19. The molecule has 0 saturated heterocycles. The smallest absolute Gasteiger partial charge is 0.164 e. The van der Waals surface area contributed by atoms with Gasteiger partial charge in [0.15, 0.2) is 17.5 Å². The lowest BCUT2D eigenvalue weighted by Gasteiger charge is -2.13. The van der Waals surface area contributed by atoms with Crippen LogP contribution >= 0.6 is 11.3 Å². The van der Waals surface area contributed by atoms with E-state index in [9.17, 15) is 0 Å². The van der Waals surface area contributed by atoms with Gasteiger partial charge in [0.25, 0.3) is 0 Å². The molecule has 6 heteroatoms. The van der Waals surface area contributed by atoms with Crippen molar-refractivity contribution in [3.05, 3.63) is 152 Å². The van der Waals surface area contributed by atoms with Crippen LogP contribution in [0.2, 0.25) is 0 Å². The predicted octanol–water partition coefficient (Wildman–Crippen LogP) is 10.5. The van der Waals surface area contributed by atoms with Crippen LogP contribution in [0.1, 0.15) is 0 Å². The molecule has 0 amide bonds. The van der Waals surface area contributed by atoms with Gasteiger partial charge in [0.1, 0.15) is 6.33 Å². The van der Waals surface area contributed by atoms with E-state index in [1.54, 1.807) is 17.7 Å². The Morgan fingerprint density at radius 1 is 0.404 bits per heavy atom. The van der Waals surface area contributed by atoms with E-state index >= 15 is 0 Å². The standard InChI is InChI=1S/C41H25N5S/c1-3-12-26(13-4-1)28-16-11-17-29(24-28)40-44-39(27-14-5-2-6-15-27)45-41(46-40)33-23-22-32(30-18-7-8-19-31(30)33)36-38-37(43-25-42-36)34-20-9-10-21-35(34)47-38/h1-25H. The van der Waals surface area contributed by atoms with Gasteiger partial charge in [-0.2, -0.15) is 0 Å². The first-order chi connectivity index (χ1) is 23.3. The minimum atomic E-state index is 0.622. The van der Waals surface area contributed by atoms with Crippen LogP contribution in [0.3, 0.4) is 0 Å². The molecule has 0 saturated carbocycles. The maximum atomic E-state index is 5.12. The van der Waals surface area contributed by atoms with Crippen molar-refractivity contribution in [3.8, 4) is 56.5 Å². The molecule has 0 bridgehead atoms. The van der Waals surface area contributed by atoms with Crippen molar-refractivity contribution in [1.29, 1.82) is 0 Å². The first-order valence-corrected chi connectivity index (χ1v) is 16.2. The zero-order valence-electron chi connectivity index (χ0n) is 25.1. The van der Waals surface area contributed by atoms with Gasteiger partial charge in [-0.15, -0.1) is 11.3 Å². The number of benzene rings is 6. The Morgan fingerprint density at radius 2 is 0.979 bits per heavy atom. The molecule has 6 aromatic carbocycles. The highest BCUT2D eigenvalue weighted by molar-refractivity contribution is 7.26. The number of thiophene rings is 1. The fraction of sp³-hybridized carbons (Fsp3) is 0. The number of fused-ring (bicyclic) bond motifs is 4. The summed E-state index contributed by atoms with van der Waals surface area (Å²) in [5, 5.41) is 3.28. The van der Waals surface area contributed by atoms with Gasteiger partial charge in [-0.3, -0.25) is 0 Å². The number of rotatable bonds is 5. The molecule has 47 heavy (non-hydrogen) atoms. The van der Waals surface area contributed by atoms with Gasteiger partial charge in [0, 0.05) is 32.3 Å². The van der Waals surface area contributed by atoms with Gasteiger partial charge >= 0.3 is 0 Å². The van der Waals surface area contributed by atoms with Crippen LogP contribution in [0.15, 0.2) is 152 Å². The van der Waals surface area contributed by atoms with Crippen LogP contribution in [-0.4, -0.2) is 24.9 Å². The lowest BCUT2D eigenvalue weighted by molar-refractivity contribution is 1.08. The Hall–Kier alpha value is -6.11. The van der Waals surface area contributed by atoms with Gasteiger partial charge < -0.3 is 0 Å². The Labute approximate surface area is 275 Å². The third-order valence-corrected chi connectivity index (χ3v) is 9.64. The number of nitrogens with zero attached hydrogens (tertiary/aromatic N) is 5. The molecular formula is C41H25N5S. The van der Waals surface area contributed by atoms with E-state index in [2.05, 4.69) is 114 Å². The minimum Gasteiger partial charge on any atom is -0.235 e. The number of hydrogen-bond donors (Lipinski definition) is 0. The van der Waals surface area contributed by atoms with E-state index in [0.29, 0.717) is 17.5 Å². The van der Waals surface area contributed by atoms with Gasteiger partial charge in [0.05, 0.1) is 15.9 Å². The summed E-state index contributed by atoms with van der Waals surface area (Å²) < 4.78 is 2.28. The average Bonchev–Trinajstić information content (AvgIpc) is 3.54. The van der Waals surface area contributed by atoms with Gasteiger partial charge in [-0.25, -0.2) is 24.9 Å². The highest BCUT2D eigenvalue weighted by Crippen LogP contribution is 2.41. The van der Waals surface area contributed by atoms with Gasteiger partial charge in [-0.1, -0.05) is 127 Å². The first kappa shape index (κ1) is 27.2. The Bertz CT molecular complexity index is 2580. The van der Waals surface area contributed by atoms with Crippen molar-refractivity contribution in [2.45, 2.75) is 0 Å². The third-order valence-electron chi connectivity index (χ3n) is 8.47. The summed E-state index contributed by atoms with van der Waals surface area (Å²) >= 11 is 1.73. The van der Waals surface area contributed by atoms with Crippen molar-refractivity contribution in [2.24, 2.45) is 0 Å². The second-order valence-corrected chi connectivity index (χ2v) is 12.4. The molecule has 9 aromatic rings. The van der Waals surface area contributed by atoms with Crippen molar-refractivity contribution in [3.63, 3.8) is 0 Å².